The summed E-state index contributed by atoms with van der Waals surface area (Å²) in [5, 5.41) is 0. The molecule has 0 saturated heterocycles. The molecule has 0 amide bonds. The fourth-order valence-electron chi connectivity index (χ4n) is 2.94. The fraction of sp³-hybridized carbons (Fsp3) is 0.632. The zero-order valence-electron chi connectivity index (χ0n) is 14.8. The van der Waals surface area contributed by atoms with Crippen molar-refractivity contribution in [3.8, 4) is 0 Å². The molecule has 0 saturated carbocycles. The molecule has 3 nitrogen and oxygen atoms in total. The standard InChI is InChI=1S/C19H31NO2/c1-6-10-17(13-16-11-8-7-9-12-16)18(21)22-15-19(2,3)14-20(4)5/h7-9,11-12,17H,6,10,13-15H2,1-5H3/p+1/t17-/m0/s1. The molecular weight excluding hydrogens is 274 g/mol. The van der Waals surface area contributed by atoms with Crippen LogP contribution in [0.5, 0.6) is 0 Å². The van der Waals surface area contributed by atoms with Crippen molar-refractivity contribution in [1.29, 1.82) is 0 Å². The average molecular weight is 306 g/mol. The number of rotatable bonds is 9. The van der Waals surface area contributed by atoms with Crippen molar-refractivity contribution in [2.24, 2.45) is 11.3 Å². The molecule has 0 aromatic heterocycles. The van der Waals surface area contributed by atoms with Crippen LogP contribution in [0, 0.1) is 11.3 Å². The van der Waals surface area contributed by atoms with Gasteiger partial charge in [0, 0.05) is 5.41 Å². The van der Waals surface area contributed by atoms with Gasteiger partial charge >= 0.3 is 5.97 Å². The number of benzene rings is 1. The number of ether oxygens (including phenoxy) is 1. The quantitative estimate of drug-likeness (QED) is 0.710. The number of esters is 1. The summed E-state index contributed by atoms with van der Waals surface area (Å²) >= 11 is 0. The van der Waals surface area contributed by atoms with Crippen LogP contribution in [0.4, 0.5) is 0 Å². The second kappa shape index (κ2) is 8.94. The molecule has 1 N–H and O–H groups in total. The Bertz CT molecular complexity index is 440. The minimum atomic E-state index is -0.0486. The smallest absolute Gasteiger partial charge is 0.309 e. The molecule has 0 aliphatic rings. The van der Waals surface area contributed by atoms with E-state index >= 15 is 0 Å². The fourth-order valence-corrected chi connectivity index (χ4v) is 2.94. The summed E-state index contributed by atoms with van der Waals surface area (Å²) < 4.78 is 5.64. The first-order chi connectivity index (χ1) is 10.3. The average Bonchev–Trinajstić information content (AvgIpc) is 2.44. The third-order valence-electron chi connectivity index (χ3n) is 3.73. The molecule has 1 aromatic carbocycles. The SMILES string of the molecule is CCC[C@@H](Cc1ccccc1)C(=O)OCC(C)(C)C[NH+](C)C. The Hall–Kier alpha value is -1.35. The van der Waals surface area contributed by atoms with E-state index < -0.39 is 0 Å². The van der Waals surface area contributed by atoms with Gasteiger partial charge in [0.05, 0.1) is 26.6 Å². The Labute approximate surface area is 135 Å². The Morgan fingerprint density at radius 3 is 2.41 bits per heavy atom. The van der Waals surface area contributed by atoms with Crippen LogP contribution in [-0.4, -0.2) is 33.2 Å². The molecule has 1 atom stereocenters. The van der Waals surface area contributed by atoms with E-state index in [1.54, 1.807) is 0 Å². The summed E-state index contributed by atoms with van der Waals surface area (Å²) in [6.07, 6.45) is 2.65. The monoisotopic (exact) mass is 306 g/mol. The number of carbonyl (C=O) groups is 1. The van der Waals surface area contributed by atoms with Gasteiger partial charge < -0.3 is 9.64 Å². The first-order valence-corrected chi connectivity index (χ1v) is 8.33. The number of nitrogens with one attached hydrogen (secondary N) is 1. The van der Waals surface area contributed by atoms with Crippen LogP contribution >= 0.6 is 0 Å². The van der Waals surface area contributed by atoms with Gasteiger partial charge in [0.25, 0.3) is 0 Å². The lowest BCUT2D eigenvalue weighted by molar-refractivity contribution is -0.865. The first-order valence-electron chi connectivity index (χ1n) is 8.33. The van der Waals surface area contributed by atoms with Gasteiger partial charge in [0.2, 0.25) is 0 Å². The number of hydrogen-bond acceptors (Lipinski definition) is 2. The molecule has 0 unspecified atom stereocenters. The molecule has 3 heteroatoms. The molecule has 0 bridgehead atoms. The summed E-state index contributed by atoms with van der Waals surface area (Å²) in [5.74, 6) is -0.0811. The van der Waals surface area contributed by atoms with Crippen LogP contribution in [-0.2, 0) is 16.0 Å². The zero-order chi connectivity index (χ0) is 16.6. The van der Waals surface area contributed by atoms with E-state index in [9.17, 15) is 4.79 Å². The molecule has 0 aliphatic carbocycles. The van der Waals surface area contributed by atoms with Gasteiger partial charge in [0.1, 0.15) is 6.61 Å². The van der Waals surface area contributed by atoms with Gasteiger partial charge in [-0.1, -0.05) is 57.5 Å². The van der Waals surface area contributed by atoms with Gasteiger partial charge in [-0.2, -0.15) is 0 Å². The summed E-state index contributed by atoms with van der Waals surface area (Å²) in [7, 11) is 4.25. The van der Waals surface area contributed by atoms with Crippen molar-refractivity contribution in [1.82, 2.24) is 0 Å². The van der Waals surface area contributed by atoms with Crippen molar-refractivity contribution in [2.45, 2.75) is 40.0 Å². The molecule has 124 valence electrons. The zero-order valence-corrected chi connectivity index (χ0v) is 14.8. The summed E-state index contributed by atoms with van der Waals surface area (Å²) in [6, 6.07) is 10.2. The Morgan fingerprint density at radius 2 is 1.86 bits per heavy atom. The van der Waals surface area contributed by atoms with Gasteiger partial charge in [-0.25, -0.2) is 0 Å². The van der Waals surface area contributed by atoms with E-state index in [-0.39, 0.29) is 17.3 Å². The highest BCUT2D eigenvalue weighted by Crippen LogP contribution is 2.19. The number of hydrogen-bond donors (Lipinski definition) is 1. The molecule has 1 aromatic rings. The third-order valence-corrected chi connectivity index (χ3v) is 3.73. The van der Waals surface area contributed by atoms with Gasteiger partial charge in [-0.3, -0.25) is 4.79 Å². The highest BCUT2D eigenvalue weighted by Gasteiger charge is 2.26. The van der Waals surface area contributed by atoms with Crippen LogP contribution < -0.4 is 4.90 Å². The van der Waals surface area contributed by atoms with Crippen LogP contribution in [0.15, 0.2) is 30.3 Å². The van der Waals surface area contributed by atoms with Crippen molar-refractivity contribution >= 4 is 5.97 Å². The lowest BCUT2D eigenvalue weighted by Crippen LogP contribution is -3.07. The van der Waals surface area contributed by atoms with Crippen LogP contribution in [0.1, 0.15) is 39.2 Å². The molecule has 22 heavy (non-hydrogen) atoms. The largest absolute Gasteiger partial charge is 0.465 e. The Morgan fingerprint density at radius 1 is 1.23 bits per heavy atom. The van der Waals surface area contributed by atoms with E-state index in [1.807, 2.05) is 18.2 Å². The van der Waals surface area contributed by atoms with E-state index in [0.29, 0.717) is 6.61 Å². The van der Waals surface area contributed by atoms with Gasteiger partial charge in [-0.05, 0) is 18.4 Å². The summed E-state index contributed by atoms with van der Waals surface area (Å²) in [6.45, 7) is 7.90. The predicted molar refractivity (Wildman–Crippen MR) is 91.0 cm³/mol. The van der Waals surface area contributed by atoms with Crippen LogP contribution in [0.25, 0.3) is 0 Å². The van der Waals surface area contributed by atoms with Crippen molar-refractivity contribution < 1.29 is 14.4 Å². The van der Waals surface area contributed by atoms with Gasteiger partial charge in [-0.15, -0.1) is 0 Å². The normalized spacial score (nSPS) is 13.2. The van der Waals surface area contributed by atoms with E-state index in [4.69, 9.17) is 4.74 Å². The van der Waals surface area contributed by atoms with Crippen molar-refractivity contribution in [2.75, 3.05) is 27.2 Å². The Balaban J connectivity index is 2.58. The molecule has 0 fully saturated rings. The lowest BCUT2D eigenvalue weighted by atomic mass is 9.93. The second-order valence-corrected chi connectivity index (χ2v) is 7.33. The molecular formula is C19H32NO2+. The number of quaternary nitrogens is 1. The highest BCUT2D eigenvalue weighted by molar-refractivity contribution is 5.72. The maximum Gasteiger partial charge on any atom is 0.309 e. The van der Waals surface area contributed by atoms with Crippen molar-refractivity contribution in [3.63, 3.8) is 0 Å². The predicted octanol–water partition coefficient (Wildman–Crippen LogP) is 2.36. The molecule has 0 radical (unpaired) electrons. The topological polar surface area (TPSA) is 30.7 Å². The van der Waals surface area contributed by atoms with E-state index in [0.717, 1.165) is 25.8 Å². The van der Waals surface area contributed by atoms with Gasteiger partial charge in [0.15, 0.2) is 0 Å². The molecule has 0 spiro atoms. The maximum absolute atomic E-state index is 12.4. The molecule has 0 heterocycles. The third kappa shape index (κ3) is 7.08. The highest BCUT2D eigenvalue weighted by atomic mass is 16.5. The van der Waals surface area contributed by atoms with Crippen molar-refractivity contribution in [3.05, 3.63) is 35.9 Å². The summed E-state index contributed by atoms with van der Waals surface area (Å²) in [4.78, 5) is 13.8. The Kier molecular flexibility index (Phi) is 7.60. The molecule has 0 aliphatic heterocycles. The second-order valence-electron chi connectivity index (χ2n) is 7.33. The minimum absolute atomic E-state index is 0.0119. The summed E-state index contributed by atoms with van der Waals surface area (Å²) in [5.41, 5.74) is 1.22. The lowest BCUT2D eigenvalue weighted by Gasteiger charge is -2.26. The van der Waals surface area contributed by atoms with E-state index in [2.05, 4.69) is 47.0 Å². The maximum atomic E-state index is 12.4. The number of carbonyl (C=O) groups excluding carboxylic acids is 1. The first kappa shape index (κ1) is 18.7. The van der Waals surface area contributed by atoms with Crippen LogP contribution in [0.3, 0.4) is 0 Å². The molecule has 1 rings (SSSR count). The minimum Gasteiger partial charge on any atom is -0.465 e. The van der Waals surface area contributed by atoms with Crippen LogP contribution in [0.2, 0.25) is 0 Å². The van der Waals surface area contributed by atoms with E-state index in [1.165, 1.54) is 10.5 Å².